The van der Waals surface area contributed by atoms with E-state index in [0.29, 0.717) is 17.0 Å². The highest BCUT2D eigenvalue weighted by molar-refractivity contribution is 7.17. The van der Waals surface area contributed by atoms with Crippen molar-refractivity contribution in [2.45, 2.75) is 33.3 Å². The van der Waals surface area contributed by atoms with Crippen LogP contribution in [0.3, 0.4) is 0 Å². The average Bonchev–Trinajstić information content (AvgIpc) is 3.03. The molecular weight excluding hydrogens is 402 g/mol. The summed E-state index contributed by atoms with van der Waals surface area (Å²) in [6, 6.07) is 2.52. The van der Waals surface area contributed by atoms with E-state index in [-0.39, 0.29) is 22.5 Å². The molecule has 3 heterocycles. The van der Waals surface area contributed by atoms with Crippen molar-refractivity contribution in [3.05, 3.63) is 32.8 Å². The number of pyridine rings is 1. The van der Waals surface area contributed by atoms with Crippen LogP contribution in [-0.4, -0.2) is 45.1 Å². The van der Waals surface area contributed by atoms with E-state index in [0.717, 1.165) is 16.2 Å². The Balaban J connectivity index is 1.86. The largest absolute Gasteiger partial charge is 0.474 e. The molecule has 29 heavy (non-hydrogen) atoms. The number of aryl methyl sites for hydroxylation is 1. The van der Waals surface area contributed by atoms with E-state index >= 15 is 0 Å². The maximum Gasteiger partial charge on any atom is 0.366 e. The standard InChI is InChI=1S/C17H17N5O6S/c1-4-10-16(25)21(15-11(28-10)5-6-12(19-15)22(26)27)7-13(24)20-17-18-8(2)14(29-17)9(3)23/h5-6,10H,4,7H2,1-3H3,(H,18,20,24). The van der Waals surface area contributed by atoms with Crippen LogP contribution in [0.2, 0.25) is 0 Å². The Morgan fingerprint density at radius 1 is 1.38 bits per heavy atom. The van der Waals surface area contributed by atoms with Gasteiger partial charge in [0.25, 0.3) is 11.7 Å². The normalized spacial score (nSPS) is 15.5. The fraction of sp³-hybridized carbons (Fsp3) is 0.353. The van der Waals surface area contributed by atoms with E-state index in [1.165, 1.54) is 19.1 Å². The number of ether oxygens (including phenoxy) is 1. The Morgan fingerprint density at radius 3 is 2.69 bits per heavy atom. The summed E-state index contributed by atoms with van der Waals surface area (Å²) in [7, 11) is 0. The van der Waals surface area contributed by atoms with Crippen LogP contribution in [-0.2, 0) is 9.59 Å². The molecule has 2 aromatic heterocycles. The number of nitro groups is 1. The molecule has 1 unspecified atom stereocenters. The molecule has 0 saturated carbocycles. The molecule has 0 fully saturated rings. The number of rotatable bonds is 6. The first-order chi connectivity index (χ1) is 13.7. The number of carbonyl (C=O) groups excluding carboxylic acids is 3. The summed E-state index contributed by atoms with van der Waals surface area (Å²) in [5, 5.41) is 13.8. The number of fused-ring (bicyclic) bond motifs is 1. The second kappa shape index (κ2) is 7.91. The van der Waals surface area contributed by atoms with Gasteiger partial charge in [-0.05, 0) is 29.3 Å². The second-order valence-corrected chi connectivity index (χ2v) is 7.22. The Kier molecular flexibility index (Phi) is 5.55. The molecule has 0 bridgehead atoms. The smallest absolute Gasteiger partial charge is 0.366 e. The monoisotopic (exact) mass is 419 g/mol. The first kappa shape index (κ1) is 20.3. The highest BCUT2D eigenvalue weighted by Crippen LogP contribution is 2.34. The van der Waals surface area contributed by atoms with Gasteiger partial charge in [-0.3, -0.25) is 19.3 Å². The number of hydrogen-bond donors (Lipinski definition) is 1. The van der Waals surface area contributed by atoms with Crippen molar-refractivity contribution in [2.75, 3.05) is 16.8 Å². The highest BCUT2D eigenvalue weighted by atomic mass is 32.1. The van der Waals surface area contributed by atoms with Crippen molar-refractivity contribution >= 4 is 45.7 Å². The molecule has 152 valence electrons. The average molecular weight is 419 g/mol. The summed E-state index contributed by atoms with van der Waals surface area (Å²) in [5.41, 5.74) is 0.494. The van der Waals surface area contributed by atoms with Crippen LogP contribution in [0.15, 0.2) is 12.1 Å². The highest BCUT2D eigenvalue weighted by Gasteiger charge is 2.39. The molecule has 1 N–H and O–H groups in total. The minimum Gasteiger partial charge on any atom is -0.474 e. The number of anilines is 2. The Hall–Kier alpha value is -3.41. The Morgan fingerprint density at radius 2 is 2.10 bits per heavy atom. The van der Waals surface area contributed by atoms with Crippen molar-refractivity contribution < 1.29 is 24.0 Å². The second-order valence-electron chi connectivity index (χ2n) is 6.23. The maximum absolute atomic E-state index is 12.7. The van der Waals surface area contributed by atoms with Crippen LogP contribution in [0.25, 0.3) is 0 Å². The van der Waals surface area contributed by atoms with Crippen molar-refractivity contribution in [1.29, 1.82) is 0 Å². The molecule has 11 nitrogen and oxygen atoms in total. The fourth-order valence-corrected chi connectivity index (χ4v) is 3.66. The third kappa shape index (κ3) is 4.06. The molecule has 0 saturated heterocycles. The fourth-order valence-electron chi connectivity index (χ4n) is 2.78. The molecule has 0 spiro atoms. The summed E-state index contributed by atoms with van der Waals surface area (Å²) in [6.45, 7) is 4.36. The van der Waals surface area contributed by atoms with Gasteiger partial charge >= 0.3 is 5.82 Å². The van der Waals surface area contributed by atoms with E-state index in [1.807, 2.05) is 0 Å². The van der Waals surface area contributed by atoms with Gasteiger partial charge in [0.1, 0.15) is 6.54 Å². The summed E-state index contributed by atoms with van der Waals surface area (Å²) in [5.74, 6) is -1.66. The van der Waals surface area contributed by atoms with Crippen LogP contribution in [0.5, 0.6) is 5.75 Å². The van der Waals surface area contributed by atoms with Crippen LogP contribution < -0.4 is 15.0 Å². The van der Waals surface area contributed by atoms with Gasteiger partial charge in [-0.15, -0.1) is 0 Å². The van der Waals surface area contributed by atoms with E-state index in [1.54, 1.807) is 13.8 Å². The predicted molar refractivity (Wildman–Crippen MR) is 103 cm³/mol. The van der Waals surface area contributed by atoms with Gasteiger partial charge in [-0.25, -0.2) is 4.98 Å². The molecule has 1 aliphatic heterocycles. The van der Waals surface area contributed by atoms with Gasteiger partial charge in [-0.2, -0.15) is 0 Å². The van der Waals surface area contributed by atoms with Gasteiger partial charge < -0.3 is 20.2 Å². The van der Waals surface area contributed by atoms with Crippen LogP contribution >= 0.6 is 11.3 Å². The molecule has 3 rings (SSSR count). The maximum atomic E-state index is 12.7. The molecule has 1 atom stereocenters. The summed E-state index contributed by atoms with van der Waals surface area (Å²) < 4.78 is 5.55. The van der Waals surface area contributed by atoms with E-state index in [4.69, 9.17) is 4.74 Å². The lowest BCUT2D eigenvalue weighted by molar-refractivity contribution is -0.389. The van der Waals surface area contributed by atoms with E-state index < -0.39 is 35.2 Å². The third-order valence-corrected chi connectivity index (χ3v) is 5.29. The number of aromatic nitrogens is 2. The molecule has 2 amide bonds. The van der Waals surface area contributed by atoms with Crippen molar-refractivity contribution in [3.8, 4) is 5.75 Å². The quantitative estimate of drug-likeness (QED) is 0.426. The number of nitrogens with one attached hydrogen (secondary N) is 1. The molecule has 12 heteroatoms. The summed E-state index contributed by atoms with van der Waals surface area (Å²) in [6.07, 6.45) is -0.480. The number of thiazole rings is 1. The predicted octanol–water partition coefficient (Wildman–Crippen LogP) is 2.10. The first-order valence-corrected chi connectivity index (χ1v) is 9.44. The zero-order valence-electron chi connectivity index (χ0n) is 15.8. The topological polar surface area (TPSA) is 145 Å². The van der Waals surface area contributed by atoms with E-state index in [2.05, 4.69) is 15.3 Å². The molecule has 2 aromatic rings. The molecular formula is C17H17N5O6S. The SMILES string of the molecule is CCC1Oc2ccc([N+](=O)[O-])nc2N(CC(=O)Nc2nc(C)c(C(C)=O)s2)C1=O. The van der Waals surface area contributed by atoms with Gasteiger partial charge in [0.05, 0.1) is 10.6 Å². The van der Waals surface area contributed by atoms with Gasteiger partial charge in [0.2, 0.25) is 5.91 Å². The first-order valence-electron chi connectivity index (χ1n) is 8.63. The van der Waals surface area contributed by atoms with Crippen molar-refractivity contribution in [1.82, 2.24) is 9.97 Å². The molecule has 1 aliphatic rings. The molecule has 0 aliphatic carbocycles. The number of carbonyl (C=O) groups is 3. The summed E-state index contributed by atoms with van der Waals surface area (Å²) in [4.78, 5) is 56.6. The number of ketones is 1. The van der Waals surface area contributed by atoms with Crippen LogP contribution in [0.4, 0.5) is 16.8 Å². The van der Waals surface area contributed by atoms with Crippen molar-refractivity contribution in [2.24, 2.45) is 0 Å². The van der Waals surface area contributed by atoms with Crippen molar-refractivity contribution in [3.63, 3.8) is 0 Å². The lowest BCUT2D eigenvalue weighted by Crippen LogP contribution is -2.49. The Labute approximate surface area is 168 Å². The number of hydrogen-bond acceptors (Lipinski definition) is 9. The van der Waals surface area contributed by atoms with Gasteiger partial charge in [-0.1, -0.05) is 18.3 Å². The number of Topliss-reactive ketones (excluding diaryl/α,β-unsaturated/α-hetero) is 1. The van der Waals surface area contributed by atoms with E-state index in [9.17, 15) is 24.5 Å². The van der Waals surface area contributed by atoms with Crippen LogP contribution in [0, 0.1) is 17.0 Å². The minimum atomic E-state index is -0.829. The summed E-state index contributed by atoms with van der Waals surface area (Å²) >= 11 is 1.03. The Bertz CT molecular complexity index is 1020. The third-order valence-electron chi connectivity index (χ3n) is 4.11. The molecule has 0 aromatic carbocycles. The zero-order valence-corrected chi connectivity index (χ0v) is 16.6. The van der Waals surface area contributed by atoms with Crippen LogP contribution in [0.1, 0.15) is 35.6 Å². The lowest BCUT2D eigenvalue weighted by atomic mass is 10.2. The minimum absolute atomic E-state index is 0.0937. The zero-order chi connectivity index (χ0) is 21.3. The van der Waals surface area contributed by atoms with Gasteiger partial charge in [0, 0.05) is 13.0 Å². The lowest BCUT2D eigenvalue weighted by Gasteiger charge is -2.30. The van der Waals surface area contributed by atoms with Gasteiger partial charge in [0.15, 0.2) is 22.8 Å². The molecule has 0 radical (unpaired) electrons. The number of amides is 2. The number of nitrogens with zero attached hydrogens (tertiary/aromatic N) is 4.